The number of sulfone groups is 1. The fourth-order valence-corrected chi connectivity index (χ4v) is 7.82. The third kappa shape index (κ3) is 10.0. The lowest BCUT2D eigenvalue weighted by atomic mass is 10.3. The highest BCUT2D eigenvalue weighted by atomic mass is 79.9. The van der Waals surface area contributed by atoms with Crippen LogP contribution in [0.5, 0.6) is 11.5 Å². The van der Waals surface area contributed by atoms with Crippen LogP contribution in [0.1, 0.15) is 27.7 Å². The van der Waals surface area contributed by atoms with Gasteiger partial charge >= 0.3 is 0 Å². The molecule has 13 heteroatoms. The van der Waals surface area contributed by atoms with E-state index < -0.39 is 22.0 Å². The zero-order valence-corrected chi connectivity index (χ0v) is 28.1. The first kappa shape index (κ1) is 33.0. The monoisotopic (exact) mass is 792 g/mol. The first-order chi connectivity index (χ1) is 17.2. The van der Waals surface area contributed by atoms with Crippen LogP contribution in [-0.4, -0.2) is 69.2 Å². The Bertz CT molecular complexity index is 1030. The van der Waals surface area contributed by atoms with Crippen LogP contribution in [0.25, 0.3) is 0 Å². The molecular formula is C24H32Br4N2O6S. The summed E-state index contributed by atoms with van der Waals surface area (Å²) in [6.07, 6.45) is -1.46. The number of rotatable bonds is 14. The quantitative estimate of drug-likeness (QED) is 0.210. The normalized spacial score (nSPS) is 13.7. The number of hydrogen-bond acceptors (Lipinski definition) is 8. The van der Waals surface area contributed by atoms with E-state index in [0.717, 1.165) is 0 Å². The summed E-state index contributed by atoms with van der Waals surface area (Å²) in [5.41, 5.74) is 0. The lowest BCUT2D eigenvalue weighted by molar-refractivity contribution is 0.104. The van der Waals surface area contributed by atoms with Gasteiger partial charge in [-0.1, -0.05) is 27.7 Å². The predicted molar refractivity (Wildman–Crippen MR) is 158 cm³/mol. The Morgan fingerprint density at radius 2 is 1.00 bits per heavy atom. The van der Waals surface area contributed by atoms with E-state index in [4.69, 9.17) is 9.47 Å². The summed E-state index contributed by atoms with van der Waals surface area (Å²) in [7, 11) is -3.91. The molecule has 0 aliphatic carbocycles. The van der Waals surface area contributed by atoms with E-state index in [1.54, 1.807) is 0 Å². The van der Waals surface area contributed by atoms with Crippen molar-refractivity contribution >= 4 is 73.6 Å². The summed E-state index contributed by atoms with van der Waals surface area (Å²) in [6, 6.07) is 6.29. The van der Waals surface area contributed by atoms with Crippen molar-refractivity contribution in [1.29, 1.82) is 0 Å². The number of hydrogen-bond donors (Lipinski definition) is 4. The first-order valence-corrected chi connectivity index (χ1v) is 16.2. The molecule has 0 aromatic heterocycles. The molecule has 0 amide bonds. The van der Waals surface area contributed by atoms with E-state index in [1.807, 2.05) is 27.7 Å². The predicted octanol–water partition coefficient (Wildman–Crippen LogP) is 5.04. The van der Waals surface area contributed by atoms with Crippen molar-refractivity contribution in [3.63, 3.8) is 0 Å². The number of aliphatic hydroxyl groups excluding tert-OH is 2. The van der Waals surface area contributed by atoms with Gasteiger partial charge in [-0.15, -0.1) is 0 Å². The van der Waals surface area contributed by atoms with Crippen LogP contribution in [-0.2, 0) is 9.84 Å². The molecule has 0 radical (unpaired) electrons. The molecule has 0 bridgehead atoms. The van der Waals surface area contributed by atoms with Crippen molar-refractivity contribution in [2.45, 2.75) is 61.8 Å². The summed E-state index contributed by atoms with van der Waals surface area (Å²) in [4.78, 5) is 0.0894. The Balaban J connectivity index is 2.20. The maximum atomic E-state index is 13.4. The Hall–Kier alpha value is -0.250. The molecule has 0 fully saturated rings. The molecule has 0 spiro atoms. The number of aliphatic hydroxyl groups is 2. The smallest absolute Gasteiger partial charge is 0.206 e. The second-order valence-electron chi connectivity index (χ2n) is 8.99. The Kier molecular flexibility index (Phi) is 13.3. The zero-order valence-electron chi connectivity index (χ0n) is 20.9. The van der Waals surface area contributed by atoms with Crippen LogP contribution >= 0.6 is 63.7 Å². The summed E-state index contributed by atoms with van der Waals surface area (Å²) >= 11 is 13.5. The summed E-state index contributed by atoms with van der Waals surface area (Å²) in [5, 5.41) is 26.5. The molecule has 2 aromatic carbocycles. The van der Waals surface area contributed by atoms with E-state index in [2.05, 4.69) is 74.4 Å². The van der Waals surface area contributed by atoms with Crippen LogP contribution in [0.15, 0.2) is 51.9 Å². The number of nitrogens with one attached hydrogen (secondary N) is 2. The first-order valence-electron chi connectivity index (χ1n) is 11.5. The molecule has 2 rings (SSSR count). The van der Waals surface area contributed by atoms with E-state index in [-0.39, 0.29) is 35.1 Å². The van der Waals surface area contributed by atoms with Crippen LogP contribution in [0.2, 0.25) is 0 Å². The molecule has 4 N–H and O–H groups in total. The fraction of sp³-hybridized carbons (Fsp3) is 0.500. The Labute approximate surface area is 252 Å². The Morgan fingerprint density at radius 1 is 0.703 bits per heavy atom. The van der Waals surface area contributed by atoms with Gasteiger partial charge in [-0.3, -0.25) is 0 Å². The lowest BCUT2D eigenvalue weighted by Gasteiger charge is -2.18. The van der Waals surface area contributed by atoms with Crippen molar-refractivity contribution < 1.29 is 28.1 Å². The molecule has 208 valence electrons. The van der Waals surface area contributed by atoms with Gasteiger partial charge in [0.05, 0.1) is 27.7 Å². The van der Waals surface area contributed by atoms with Crippen molar-refractivity contribution in [3.8, 4) is 11.5 Å². The average Bonchev–Trinajstić information content (AvgIpc) is 2.79. The maximum absolute atomic E-state index is 13.4. The molecule has 0 aliphatic rings. The van der Waals surface area contributed by atoms with E-state index in [9.17, 15) is 18.6 Å². The van der Waals surface area contributed by atoms with Gasteiger partial charge in [0.15, 0.2) is 0 Å². The SMILES string of the molecule is CC(C)NCC(O)COc1c(Br)cc(S(=O)(=O)c2cc(Br)c(OCC(O)CNC(C)C)c(Br)c2)cc1Br. The molecule has 2 atom stereocenters. The van der Waals surface area contributed by atoms with Crippen molar-refractivity contribution in [2.24, 2.45) is 0 Å². The highest BCUT2D eigenvalue weighted by Gasteiger charge is 2.24. The van der Waals surface area contributed by atoms with Gasteiger partial charge in [0.25, 0.3) is 0 Å². The van der Waals surface area contributed by atoms with Gasteiger partial charge in [0, 0.05) is 25.2 Å². The topological polar surface area (TPSA) is 117 Å². The van der Waals surface area contributed by atoms with Crippen LogP contribution < -0.4 is 20.1 Å². The second-order valence-corrected chi connectivity index (χ2v) is 14.4. The van der Waals surface area contributed by atoms with Gasteiger partial charge in [-0.25, -0.2) is 8.42 Å². The molecule has 0 saturated carbocycles. The minimum absolute atomic E-state index is 0.0343. The highest BCUT2D eigenvalue weighted by Crippen LogP contribution is 2.40. The number of benzene rings is 2. The third-order valence-electron chi connectivity index (χ3n) is 4.93. The van der Waals surface area contributed by atoms with Crippen molar-refractivity contribution in [1.82, 2.24) is 10.6 Å². The largest absolute Gasteiger partial charge is 0.488 e. The molecule has 2 aromatic rings. The standard InChI is InChI=1S/C24H32Br4N2O6S/c1-13(2)29-9-15(31)11-35-23-19(25)5-17(6-20(23)26)37(33,34)18-7-21(27)24(22(28)8-18)36-12-16(32)10-30-14(3)4/h5-8,13-16,29-32H,9-12H2,1-4H3. The summed E-state index contributed by atoms with van der Waals surface area (Å²) in [6.45, 7) is 8.74. The Morgan fingerprint density at radius 3 is 1.27 bits per heavy atom. The van der Waals surface area contributed by atoms with Gasteiger partial charge in [0.2, 0.25) is 9.84 Å². The average molecular weight is 796 g/mol. The zero-order chi connectivity index (χ0) is 27.9. The van der Waals surface area contributed by atoms with Gasteiger partial charge in [-0.2, -0.15) is 0 Å². The van der Waals surface area contributed by atoms with Gasteiger partial charge in [-0.05, 0) is 88.0 Å². The van der Waals surface area contributed by atoms with Crippen molar-refractivity contribution in [3.05, 3.63) is 42.2 Å². The minimum atomic E-state index is -3.91. The van der Waals surface area contributed by atoms with Crippen LogP contribution in [0.3, 0.4) is 0 Å². The highest BCUT2D eigenvalue weighted by molar-refractivity contribution is 9.11. The molecule has 2 unspecified atom stereocenters. The molecular weight excluding hydrogens is 764 g/mol. The van der Waals surface area contributed by atoms with E-state index >= 15 is 0 Å². The molecule has 0 saturated heterocycles. The third-order valence-corrected chi connectivity index (χ3v) is 9.00. The lowest BCUT2D eigenvalue weighted by Crippen LogP contribution is -2.35. The summed E-state index contributed by atoms with van der Waals surface area (Å²) < 4.78 is 40.0. The maximum Gasteiger partial charge on any atom is 0.206 e. The fourth-order valence-electron chi connectivity index (χ4n) is 3.02. The molecule has 0 aliphatic heterocycles. The van der Waals surface area contributed by atoms with Gasteiger partial charge < -0.3 is 30.3 Å². The second kappa shape index (κ2) is 14.9. The number of halogens is 4. The van der Waals surface area contributed by atoms with Crippen LogP contribution in [0.4, 0.5) is 0 Å². The van der Waals surface area contributed by atoms with E-state index in [1.165, 1.54) is 24.3 Å². The van der Waals surface area contributed by atoms with E-state index in [0.29, 0.717) is 42.5 Å². The minimum Gasteiger partial charge on any atom is -0.488 e. The number of ether oxygens (including phenoxy) is 2. The molecule has 37 heavy (non-hydrogen) atoms. The summed E-state index contributed by atoms with van der Waals surface area (Å²) in [5.74, 6) is 0.776. The molecule has 8 nitrogen and oxygen atoms in total. The van der Waals surface area contributed by atoms with Crippen LogP contribution in [0, 0.1) is 0 Å². The van der Waals surface area contributed by atoms with Crippen molar-refractivity contribution in [2.75, 3.05) is 26.3 Å². The van der Waals surface area contributed by atoms with Gasteiger partial charge in [0.1, 0.15) is 36.9 Å². The molecule has 0 heterocycles.